The van der Waals surface area contributed by atoms with E-state index in [1.165, 1.54) is 0 Å². The normalized spacial score (nSPS) is 26.3. The Balaban J connectivity index is 2.24. The smallest absolute Gasteiger partial charge is 0.122 e. The number of hydrogen-bond acceptors (Lipinski definition) is 4. The summed E-state index contributed by atoms with van der Waals surface area (Å²) in [6.45, 7) is 1.10. The average molecular weight is 176 g/mol. The first kappa shape index (κ1) is 8.43. The Bertz CT molecular complexity index is 136. The van der Waals surface area contributed by atoms with Gasteiger partial charge in [0, 0.05) is 17.5 Å². The molecule has 10 heavy (non-hydrogen) atoms. The quantitative estimate of drug-likeness (QED) is 0.688. The van der Waals surface area contributed by atoms with Crippen molar-refractivity contribution in [2.75, 3.05) is 26.4 Å². The number of nitrogens with zero attached hydrogens (tertiary/aromatic N) is 1. The summed E-state index contributed by atoms with van der Waals surface area (Å²) in [6.07, 6.45) is 0. The molecule has 1 atom stereocenters. The van der Waals surface area contributed by atoms with Gasteiger partial charge in [0.05, 0.1) is 0 Å². The third kappa shape index (κ3) is 2.52. The Kier molecular flexibility index (Phi) is 3.07. The molecule has 4 heteroatoms. The van der Waals surface area contributed by atoms with Gasteiger partial charge < -0.3 is 4.90 Å². The zero-order valence-electron chi connectivity index (χ0n) is 6.26. The minimum atomic E-state index is 0.646. The lowest BCUT2D eigenvalue weighted by atomic mass is 10.4. The van der Waals surface area contributed by atoms with E-state index in [1.807, 2.05) is 0 Å². The first-order valence-corrected chi connectivity index (χ1v) is 5.08. The van der Waals surface area contributed by atoms with Crippen molar-refractivity contribution in [1.29, 1.82) is 5.41 Å². The molecule has 1 heterocycles. The van der Waals surface area contributed by atoms with Crippen LogP contribution in [-0.4, -0.2) is 40.9 Å². The molecule has 2 nitrogen and oxygen atoms in total. The maximum Gasteiger partial charge on any atom is 0.122 e. The maximum absolute atomic E-state index is 7.33. The van der Waals surface area contributed by atoms with Gasteiger partial charge in [-0.1, -0.05) is 23.5 Å². The Morgan fingerprint density at radius 2 is 2.40 bits per heavy atom. The third-order valence-corrected chi connectivity index (χ3v) is 3.79. The summed E-state index contributed by atoms with van der Waals surface area (Å²) >= 11 is 3.37. The Labute approximate surface area is 70.2 Å². The van der Waals surface area contributed by atoms with Gasteiger partial charge in [-0.2, -0.15) is 0 Å². The molecule has 0 spiro atoms. The second kappa shape index (κ2) is 3.64. The molecule has 58 valence electrons. The third-order valence-electron chi connectivity index (χ3n) is 1.24. The minimum Gasteiger partial charge on any atom is -0.308 e. The lowest BCUT2D eigenvalue weighted by molar-refractivity contribution is 0.416. The monoisotopic (exact) mass is 176 g/mol. The molecule has 0 aromatic carbocycles. The molecule has 0 aromatic rings. The van der Waals surface area contributed by atoms with Gasteiger partial charge >= 0.3 is 0 Å². The molecule has 0 radical (unpaired) electrons. The second-order valence-corrected chi connectivity index (χ2v) is 5.20. The molecule has 1 fully saturated rings. The van der Waals surface area contributed by atoms with E-state index in [0.717, 1.165) is 16.7 Å². The SMILES string of the molecule is CN(C)C[C@H]1CSC(=N)S1. The standard InChI is InChI=1S/C6H12N2S2/c1-8(2)3-5-4-9-6(7)10-5/h5,7H,3-4H2,1-2H3/t5-/m0/s1. The summed E-state index contributed by atoms with van der Waals surface area (Å²) < 4.78 is 0.784. The molecule has 0 saturated carbocycles. The number of thioether (sulfide) groups is 2. The van der Waals surface area contributed by atoms with Crippen LogP contribution in [0.15, 0.2) is 0 Å². The van der Waals surface area contributed by atoms with Crippen molar-refractivity contribution < 1.29 is 0 Å². The van der Waals surface area contributed by atoms with Crippen LogP contribution < -0.4 is 0 Å². The highest BCUT2D eigenvalue weighted by atomic mass is 32.2. The summed E-state index contributed by atoms with van der Waals surface area (Å²) in [4.78, 5) is 2.18. The van der Waals surface area contributed by atoms with Gasteiger partial charge in [-0.15, -0.1) is 0 Å². The van der Waals surface area contributed by atoms with E-state index in [0.29, 0.717) is 5.25 Å². The van der Waals surface area contributed by atoms with Crippen molar-refractivity contribution >= 4 is 27.9 Å². The van der Waals surface area contributed by atoms with Gasteiger partial charge in [0.25, 0.3) is 0 Å². The number of nitrogens with one attached hydrogen (secondary N) is 1. The lowest BCUT2D eigenvalue weighted by Crippen LogP contribution is -2.23. The van der Waals surface area contributed by atoms with E-state index in [4.69, 9.17) is 5.41 Å². The highest BCUT2D eigenvalue weighted by Gasteiger charge is 2.20. The van der Waals surface area contributed by atoms with E-state index >= 15 is 0 Å². The predicted molar refractivity (Wildman–Crippen MR) is 50.1 cm³/mol. The van der Waals surface area contributed by atoms with Gasteiger partial charge in [-0.3, -0.25) is 5.41 Å². The van der Waals surface area contributed by atoms with Crippen LogP contribution in [0.1, 0.15) is 0 Å². The zero-order chi connectivity index (χ0) is 7.56. The van der Waals surface area contributed by atoms with E-state index in [-0.39, 0.29) is 0 Å². The Morgan fingerprint density at radius 3 is 2.80 bits per heavy atom. The summed E-state index contributed by atoms with van der Waals surface area (Å²) in [6, 6.07) is 0. The van der Waals surface area contributed by atoms with Crippen molar-refractivity contribution in [3.8, 4) is 0 Å². The van der Waals surface area contributed by atoms with Crippen LogP contribution >= 0.6 is 23.5 Å². The number of hydrogen-bond donors (Lipinski definition) is 1. The van der Waals surface area contributed by atoms with Crippen LogP contribution in [-0.2, 0) is 0 Å². The van der Waals surface area contributed by atoms with E-state index in [9.17, 15) is 0 Å². The molecule has 0 aromatic heterocycles. The fourth-order valence-corrected chi connectivity index (χ4v) is 3.36. The van der Waals surface area contributed by atoms with Crippen molar-refractivity contribution in [2.45, 2.75) is 5.25 Å². The molecule has 1 saturated heterocycles. The Hall–Kier alpha value is 0.330. The second-order valence-electron chi connectivity index (χ2n) is 2.60. The van der Waals surface area contributed by atoms with Crippen LogP contribution in [0.5, 0.6) is 0 Å². The summed E-state index contributed by atoms with van der Waals surface area (Å²) in [7, 11) is 4.15. The highest BCUT2D eigenvalue weighted by molar-refractivity contribution is 8.41. The molecule has 0 amide bonds. The summed E-state index contributed by atoms with van der Waals surface area (Å²) in [5, 5.41) is 7.98. The average Bonchev–Trinajstić information content (AvgIpc) is 2.13. The largest absolute Gasteiger partial charge is 0.308 e. The van der Waals surface area contributed by atoms with Gasteiger partial charge in [0.2, 0.25) is 0 Å². The van der Waals surface area contributed by atoms with E-state index in [2.05, 4.69) is 19.0 Å². The summed E-state index contributed by atoms with van der Waals surface area (Å²) in [5.74, 6) is 1.11. The molecule has 1 aliphatic heterocycles. The van der Waals surface area contributed by atoms with E-state index in [1.54, 1.807) is 23.5 Å². The highest BCUT2D eigenvalue weighted by Crippen LogP contribution is 2.31. The van der Waals surface area contributed by atoms with Crippen LogP contribution in [0.2, 0.25) is 0 Å². The van der Waals surface area contributed by atoms with Crippen LogP contribution in [0.4, 0.5) is 0 Å². The fourth-order valence-electron chi connectivity index (χ4n) is 0.885. The minimum absolute atomic E-state index is 0.646. The zero-order valence-corrected chi connectivity index (χ0v) is 7.89. The molecular weight excluding hydrogens is 164 g/mol. The fraction of sp³-hybridized carbons (Fsp3) is 0.833. The molecule has 1 rings (SSSR count). The molecule has 0 bridgehead atoms. The van der Waals surface area contributed by atoms with Crippen molar-refractivity contribution in [3.05, 3.63) is 0 Å². The molecule has 1 N–H and O–H groups in total. The van der Waals surface area contributed by atoms with Gasteiger partial charge in [-0.05, 0) is 14.1 Å². The predicted octanol–water partition coefficient (Wildman–Crippen LogP) is 1.33. The van der Waals surface area contributed by atoms with Crippen LogP contribution in [0.25, 0.3) is 0 Å². The Morgan fingerprint density at radius 1 is 1.70 bits per heavy atom. The van der Waals surface area contributed by atoms with E-state index < -0.39 is 0 Å². The first-order chi connectivity index (χ1) is 4.68. The van der Waals surface area contributed by atoms with Crippen molar-refractivity contribution in [3.63, 3.8) is 0 Å². The molecule has 1 aliphatic rings. The molecular formula is C6H12N2S2. The molecule has 0 aliphatic carbocycles. The number of rotatable bonds is 2. The molecule has 0 unspecified atom stereocenters. The van der Waals surface area contributed by atoms with Gasteiger partial charge in [0.15, 0.2) is 0 Å². The van der Waals surface area contributed by atoms with Gasteiger partial charge in [-0.25, -0.2) is 0 Å². The van der Waals surface area contributed by atoms with Crippen molar-refractivity contribution in [2.24, 2.45) is 0 Å². The lowest BCUT2D eigenvalue weighted by Gasteiger charge is -2.12. The van der Waals surface area contributed by atoms with Gasteiger partial charge in [0.1, 0.15) is 4.38 Å². The maximum atomic E-state index is 7.33. The first-order valence-electron chi connectivity index (χ1n) is 3.21. The van der Waals surface area contributed by atoms with Crippen LogP contribution in [0.3, 0.4) is 0 Å². The summed E-state index contributed by atoms with van der Waals surface area (Å²) in [5.41, 5.74) is 0. The topological polar surface area (TPSA) is 27.1 Å². The van der Waals surface area contributed by atoms with Crippen molar-refractivity contribution in [1.82, 2.24) is 4.90 Å². The van der Waals surface area contributed by atoms with Crippen LogP contribution in [0, 0.1) is 5.41 Å².